The van der Waals surface area contributed by atoms with Crippen LogP contribution in [0.5, 0.6) is 0 Å². The highest BCUT2D eigenvalue weighted by Crippen LogP contribution is 2.27. The van der Waals surface area contributed by atoms with Gasteiger partial charge in [0.25, 0.3) is 0 Å². The summed E-state index contributed by atoms with van der Waals surface area (Å²) in [5.74, 6) is -1.61. The third kappa shape index (κ3) is 4.83. The normalized spacial score (nSPS) is 33.6. The first kappa shape index (κ1) is 19.7. The lowest BCUT2D eigenvalue weighted by atomic mass is 9.98. The van der Waals surface area contributed by atoms with Crippen LogP contribution in [0.4, 0.5) is 0 Å². The number of hydrogen-bond acceptors (Lipinski definition) is 10. The SMILES string of the molecule is COC1OC(CO)C(O)C(OC(=O)C(C)N)C1OC(=O)C(C)N. The number of rotatable bonds is 6. The lowest BCUT2D eigenvalue weighted by molar-refractivity contribution is -0.300. The molecule has 1 fully saturated rings. The van der Waals surface area contributed by atoms with Gasteiger partial charge in [-0.15, -0.1) is 0 Å². The Labute approximate surface area is 133 Å². The van der Waals surface area contributed by atoms with Crippen molar-refractivity contribution >= 4 is 11.9 Å². The van der Waals surface area contributed by atoms with Gasteiger partial charge in [0.15, 0.2) is 18.5 Å². The van der Waals surface area contributed by atoms with Crippen LogP contribution in [0.2, 0.25) is 0 Å². The molecule has 1 saturated heterocycles. The molecule has 0 radical (unpaired) electrons. The summed E-state index contributed by atoms with van der Waals surface area (Å²) in [5, 5.41) is 19.5. The quantitative estimate of drug-likeness (QED) is 0.373. The topological polar surface area (TPSA) is 164 Å². The second-order valence-corrected chi connectivity index (χ2v) is 5.33. The summed E-state index contributed by atoms with van der Waals surface area (Å²) in [5.41, 5.74) is 10.9. The maximum absolute atomic E-state index is 11.7. The van der Waals surface area contributed by atoms with E-state index in [1.54, 1.807) is 0 Å². The molecule has 10 heteroatoms. The molecule has 0 aromatic rings. The van der Waals surface area contributed by atoms with E-state index in [0.29, 0.717) is 0 Å². The largest absolute Gasteiger partial charge is 0.454 e. The van der Waals surface area contributed by atoms with E-state index in [-0.39, 0.29) is 0 Å². The van der Waals surface area contributed by atoms with Crippen molar-refractivity contribution in [1.29, 1.82) is 0 Å². The molecule has 0 bridgehead atoms. The maximum Gasteiger partial charge on any atom is 0.323 e. The number of ether oxygens (including phenoxy) is 4. The highest BCUT2D eigenvalue weighted by atomic mass is 16.7. The van der Waals surface area contributed by atoms with Gasteiger partial charge in [-0.3, -0.25) is 9.59 Å². The van der Waals surface area contributed by atoms with E-state index in [4.69, 9.17) is 30.4 Å². The van der Waals surface area contributed by atoms with Crippen molar-refractivity contribution < 1.29 is 38.7 Å². The minimum atomic E-state index is -1.44. The van der Waals surface area contributed by atoms with Crippen molar-refractivity contribution in [2.24, 2.45) is 11.5 Å². The second kappa shape index (κ2) is 8.52. The van der Waals surface area contributed by atoms with Gasteiger partial charge in [-0.05, 0) is 13.8 Å². The van der Waals surface area contributed by atoms with Crippen LogP contribution in [0.15, 0.2) is 0 Å². The summed E-state index contributed by atoms with van der Waals surface area (Å²) < 4.78 is 20.6. The summed E-state index contributed by atoms with van der Waals surface area (Å²) in [6.07, 6.45) is -6.29. The van der Waals surface area contributed by atoms with E-state index >= 15 is 0 Å². The van der Waals surface area contributed by atoms with Gasteiger partial charge in [0.2, 0.25) is 0 Å². The zero-order chi connectivity index (χ0) is 17.7. The van der Waals surface area contributed by atoms with E-state index < -0.39 is 61.3 Å². The Bertz CT molecular complexity index is 417. The van der Waals surface area contributed by atoms with Crippen LogP contribution in [0, 0.1) is 0 Å². The standard InChI is InChI=1S/C13H24N2O8/c1-5(14)11(18)22-9-8(17)7(4-16)21-13(20-3)10(9)23-12(19)6(2)15/h5-10,13,16-17H,4,14-15H2,1-3H3. The van der Waals surface area contributed by atoms with Crippen molar-refractivity contribution in [1.82, 2.24) is 0 Å². The zero-order valence-corrected chi connectivity index (χ0v) is 13.2. The van der Waals surface area contributed by atoms with Crippen molar-refractivity contribution in [2.75, 3.05) is 13.7 Å². The van der Waals surface area contributed by atoms with Gasteiger partial charge in [-0.1, -0.05) is 0 Å². The van der Waals surface area contributed by atoms with Gasteiger partial charge >= 0.3 is 11.9 Å². The van der Waals surface area contributed by atoms with Crippen molar-refractivity contribution in [3.8, 4) is 0 Å². The molecule has 0 amide bonds. The number of methoxy groups -OCH3 is 1. The molecule has 0 aliphatic carbocycles. The van der Waals surface area contributed by atoms with Crippen LogP contribution in [-0.4, -0.2) is 78.7 Å². The van der Waals surface area contributed by atoms with Crippen LogP contribution >= 0.6 is 0 Å². The monoisotopic (exact) mass is 336 g/mol. The predicted molar refractivity (Wildman–Crippen MR) is 75.8 cm³/mol. The number of hydrogen-bond donors (Lipinski definition) is 4. The maximum atomic E-state index is 11.7. The van der Waals surface area contributed by atoms with Crippen LogP contribution in [-0.2, 0) is 28.5 Å². The van der Waals surface area contributed by atoms with Gasteiger partial charge < -0.3 is 40.6 Å². The molecule has 1 rings (SSSR count). The highest BCUT2D eigenvalue weighted by molar-refractivity contribution is 5.76. The number of aliphatic hydroxyl groups excluding tert-OH is 2. The molecule has 7 unspecified atom stereocenters. The fourth-order valence-corrected chi connectivity index (χ4v) is 1.97. The fourth-order valence-electron chi connectivity index (χ4n) is 1.97. The first-order chi connectivity index (χ1) is 10.7. The summed E-state index contributed by atoms with van der Waals surface area (Å²) in [4.78, 5) is 23.5. The van der Waals surface area contributed by atoms with E-state index in [9.17, 15) is 19.8 Å². The lowest BCUT2D eigenvalue weighted by Crippen LogP contribution is -2.62. The molecule has 6 N–H and O–H groups in total. The van der Waals surface area contributed by atoms with Crippen molar-refractivity contribution in [3.63, 3.8) is 0 Å². The molecule has 0 saturated carbocycles. The Hall–Kier alpha value is -1.30. The molecule has 134 valence electrons. The van der Waals surface area contributed by atoms with Crippen LogP contribution in [0.1, 0.15) is 13.8 Å². The number of aliphatic hydroxyl groups is 2. The molecule has 0 spiro atoms. The molecule has 7 atom stereocenters. The van der Waals surface area contributed by atoms with Gasteiger partial charge in [0, 0.05) is 7.11 Å². The van der Waals surface area contributed by atoms with E-state index in [0.717, 1.165) is 0 Å². The van der Waals surface area contributed by atoms with E-state index in [1.807, 2.05) is 0 Å². The van der Waals surface area contributed by atoms with Crippen molar-refractivity contribution in [3.05, 3.63) is 0 Å². The molecule has 10 nitrogen and oxygen atoms in total. The molecule has 0 aromatic heterocycles. The molecular weight excluding hydrogens is 312 g/mol. The summed E-state index contributed by atoms with van der Waals surface area (Å²) in [6, 6.07) is -1.90. The molecule has 1 aliphatic rings. The van der Waals surface area contributed by atoms with Gasteiger partial charge in [-0.2, -0.15) is 0 Å². The van der Waals surface area contributed by atoms with Gasteiger partial charge in [0.05, 0.1) is 6.61 Å². The Morgan fingerprint density at radius 3 is 2.00 bits per heavy atom. The molecular formula is C13H24N2O8. The van der Waals surface area contributed by atoms with Gasteiger partial charge in [-0.25, -0.2) is 0 Å². The average Bonchev–Trinajstić information content (AvgIpc) is 2.50. The summed E-state index contributed by atoms with van der Waals surface area (Å²) >= 11 is 0. The third-order valence-electron chi connectivity index (χ3n) is 3.28. The number of carbonyl (C=O) groups excluding carboxylic acids is 2. The van der Waals surface area contributed by atoms with E-state index in [2.05, 4.69) is 0 Å². The first-order valence-electron chi connectivity index (χ1n) is 7.12. The van der Waals surface area contributed by atoms with Crippen LogP contribution in [0.3, 0.4) is 0 Å². The molecule has 1 heterocycles. The average molecular weight is 336 g/mol. The first-order valence-corrected chi connectivity index (χ1v) is 7.12. The minimum Gasteiger partial charge on any atom is -0.454 e. The summed E-state index contributed by atoms with van der Waals surface area (Å²) in [7, 11) is 1.27. The fraction of sp³-hybridized carbons (Fsp3) is 0.846. The van der Waals surface area contributed by atoms with Crippen LogP contribution < -0.4 is 11.5 Å². The molecule has 0 aromatic carbocycles. The number of esters is 2. The van der Waals surface area contributed by atoms with Gasteiger partial charge in [0.1, 0.15) is 24.3 Å². The van der Waals surface area contributed by atoms with Crippen LogP contribution in [0.25, 0.3) is 0 Å². The smallest absolute Gasteiger partial charge is 0.323 e. The zero-order valence-electron chi connectivity index (χ0n) is 13.2. The Balaban J connectivity index is 3.04. The molecule has 1 aliphatic heterocycles. The Morgan fingerprint density at radius 2 is 1.61 bits per heavy atom. The summed E-state index contributed by atoms with van der Waals surface area (Å²) in [6.45, 7) is 2.25. The predicted octanol–water partition coefficient (Wildman–Crippen LogP) is -2.77. The lowest BCUT2D eigenvalue weighted by Gasteiger charge is -2.42. The Kier molecular flexibility index (Phi) is 7.32. The second-order valence-electron chi connectivity index (χ2n) is 5.33. The third-order valence-corrected chi connectivity index (χ3v) is 3.28. The molecule has 23 heavy (non-hydrogen) atoms. The number of nitrogens with two attached hydrogens (primary N) is 2. The highest BCUT2D eigenvalue weighted by Gasteiger charge is 2.50. The number of carbonyl (C=O) groups is 2. The van der Waals surface area contributed by atoms with E-state index in [1.165, 1.54) is 21.0 Å². The Morgan fingerprint density at radius 1 is 1.13 bits per heavy atom. The van der Waals surface area contributed by atoms with Crippen molar-refractivity contribution in [2.45, 2.75) is 56.6 Å². The minimum absolute atomic E-state index is 0.554.